The van der Waals surface area contributed by atoms with Crippen LogP contribution in [0, 0.1) is 0 Å². The van der Waals surface area contributed by atoms with Crippen LogP contribution in [0.4, 0.5) is 21.9 Å². The van der Waals surface area contributed by atoms with Gasteiger partial charge in [-0.15, -0.1) is 0 Å². The van der Waals surface area contributed by atoms with Crippen LogP contribution >= 0.6 is 0 Å². The number of hydrogen-bond acceptors (Lipinski definition) is 3. The van der Waals surface area contributed by atoms with E-state index in [1.165, 1.54) is 5.56 Å². The number of aryl methyl sites for hydroxylation is 1. The number of carbonyl (C=O) groups is 2. The summed E-state index contributed by atoms with van der Waals surface area (Å²) < 4.78 is 0. The number of benzene rings is 3. The van der Waals surface area contributed by atoms with Crippen molar-refractivity contribution in [2.75, 3.05) is 28.6 Å². The molecule has 1 fully saturated rings. The van der Waals surface area contributed by atoms with Gasteiger partial charge in [-0.3, -0.25) is 4.79 Å². The van der Waals surface area contributed by atoms with Crippen molar-refractivity contribution in [1.82, 2.24) is 5.32 Å². The van der Waals surface area contributed by atoms with E-state index in [4.69, 9.17) is 0 Å². The summed E-state index contributed by atoms with van der Waals surface area (Å²) in [6.45, 7) is 4.40. The predicted molar refractivity (Wildman–Crippen MR) is 134 cm³/mol. The zero-order valence-corrected chi connectivity index (χ0v) is 18.9. The smallest absolute Gasteiger partial charge is 0.323 e. The molecule has 170 valence electrons. The van der Waals surface area contributed by atoms with Gasteiger partial charge in [0, 0.05) is 36.7 Å². The fraction of sp³-hybridized carbons (Fsp3) is 0.259. The van der Waals surface area contributed by atoms with Crippen LogP contribution < -0.4 is 20.9 Å². The number of hydrogen-bond donors (Lipinski definition) is 3. The minimum absolute atomic E-state index is 0.153. The van der Waals surface area contributed by atoms with Gasteiger partial charge in [0.25, 0.3) is 5.91 Å². The first-order valence-electron chi connectivity index (χ1n) is 11.5. The third-order valence-corrected chi connectivity index (χ3v) is 5.86. The van der Waals surface area contributed by atoms with Crippen LogP contribution in [0.2, 0.25) is 0 Å². The minimum Gasteiger partial charge on any atom is -0.371 e. The predicted octanol–water partition coefficient (Wildman–Crippen LogP) is 5.42. The highest BCUT2D eigenvalue weighted by molar-refractivity contribution is 6.04. The van der Waals surface area contributed by atoms with Crippen LogP contribution in [0.25, 0.3) is 0 Å². The lowest BCUT2D eigenvalue weighted by Gasteiger charge is -2.22. The second-order valence-corrected chi connectivity index (χ2v) is 8.22. The normalized spacial score (nSPS) is 12.9. The van der Waals surface area contributed by atoms with Gasteiger partial charge in [-0.2, -0.15) is 0 Å². The molecule has 3 amide bonds. The molecule has 0 radical (unpaired) electrons. The van der Waals surface area contributed by atoms with E-state index in [0.717, 1.165) is 49.3 Å². The first-order chi connectivity index (χ1) is 16.1. The Hall–Kier alpha value is -3.80. The van der Waals surface area contributed by atoms with Gasteiger partial charge in [0.1, 0.15) is 0 Å². The number of amides is 3. The summed E-state index contributed by atoms with van der Waals surface area (Å²) in [6, 6.07) is 22.8. The molecule has 0 spiro atoms. The van der Waals surface area contributed by atoms with Crippen molar-refractivity contribution >= 4 is 29.0 Å². The average molecular weight is 443 g/mol. The molecule has 4 rings (SSSR count). The maximum Gasteiger partial charge on any atom is 0.323 e. The molecule has 6 heteroatoms. The Labute approximate surface area is 195 Å². The Kier molecular flexibility index (Phi) is 7.25. The van der Waals surface area contributed by atoms with E-state index in [-0.39, 0.29) is 11.9 Å². The van der Waals surface area contributed by atoms with Gasteiger partial charge in [-0.25, -0.2) is 4.79 Å². The van der Waals surface area contributed by atoms with Gasteiger partial charge >= 0.3 is 6.03 Å². The summed E-state index contributed by atoms with van der Waals surface area (Å²) in [6.07, 6.45) is 3.18. The minimum atomic E-state index is -0.344. The van der Waals surface area contributed by atoms with E-state index in [2.05, 4.69) is 27.8 Å². The number of nitrogens with one attached hydrogen (secondary N) is 3. The maximum atomic E-state index is 13.1. The lowest BCUT2D eigenvalue weighted by molar-refractivity contribution is 0.0951. The lowest BCUT2D eigenvalue weighted by atomic mass is 10.1. The molecule has 0 unspecified atom stereocenters. The molecule has 0 saturated carbocycles. The molecule has 3 N–H and O–H groups in total. The SMILES string of the molecule is CCc1ccc(NC(=O)Nc2ccc(N3CCCC3)c(C(=O)NCc3ccccc3)c2)cc1. The molecule has 3 aromatic rings. The molecule has 33 heavy (non-hydrogen) atoms. The van der Waals surface area contributed by atoms with E-state index in [0.29, 0.717) is 17.8 Å². The Balaban J connectivity index is 1.48. The largest absolute Gasteiger partial charge is 0.371 e. The quantitative estimate of drug-likeness (QED) is 0.457. The summed E-state index contributed by atoms with van der Waals surface area (Å²) in [5.41, 5.74) is 5.02. The standard InChI is InChI=1S/C27H30N4O2/c1-2-20-10-12-22(13-11-20)29-27(33)30-23-14-15-25(31-16-6-7-17-31)24(18-23)26(32)28-19-21-8-4-3-5-9-21/h3-5,8-15,18H,2,6-7,16-17,19H2,1H3,(H,28,32)(H2,29,30,33). The highest BCUT2D eigenvalue weighted by Crippen LogP contribution is 2.28. The lowest BCUT2D eigenvalue weighted by Crippen LogP contribution is -2.27. The highest BCUT2D eigenvalue weighted by Gasteiger charge is 2.20. The van der Waals surface area contributed by atoms with Crippen LogP contribution in [-0.2, 0) is 13.0 Å². The van der Waals surface area contributed by atoms with Crippen molar-refractivity contribution in [3.63, 3.8) is 0 Å². The number of rotatable bonds is 7. The molecule has 0 bridgehead atoms. The van der Waals surface area contributed by atoms with Gasteiger partial charge in [0.15, 0.2) is 0 Å². The molecular weight excluding hydrogens is 412 g/mol. The molecule has 0 aliphatic carbocycles. The van der Waals surface area contributed by atoms with Gasteiger partial charge in [0.05, 0.1) is 5.56 Å². The second-order valence-electron chi connectivity index (χ2n) is 8.22. The van der Waals surface area contributed by atoms with Crippen molar-refractivity contribution in [3.8, 4) is 0 Å². The van der Waals surface area contributed by atoms with Crippen molar-refractivity contribution < 1.29 is 9.59 Å². The molecule has 0 aromatic heterocycles. The Morgan fingerprint density at radius 2 is 1.48 bits per heavy atom. The Morgan fingerprint density at radius 3 is 2.18 bits per heavy atom. The molecule has 3 aromatic carbocycles. The monoisotopic (exact) mass is 442 g/mol. The molecule has 1 saturated heterocycles. The topological polar surface area (TPSA) is 73.5 Å². The molecule has 1 aliphatic heterocycles. The molecule has 0 atom stereocenters. The van der Waals surface area contributed by atoms with Gasteiger partial charge in [0.2, 0.25) is 0 Å². The third kappa shape index (κ3) is 5.92. The summed E-state index contributed by atoms with van der Waals surface area (Å²) in [7, 11) is 0. The average Bonchev–Trinajstić information content (AvgIpc) is 3.38. The van der Waals surface area contributed by atoms with Crippen molar-refractivity contribution in [2.45, 2.75) is 32.7 Å². The van der Waals surface area contributed by atoms with E-state index in [9.17, 15) is 9.59 Å². The number of anilines is 3. The van der Waals surface area contributed by atoms with Crippen LogP contribution in [0.3, 0.4) is 0 Å². The summed E-state index contributed by atoms with van der Waals surface area (Å²) in [5.74, 6) is -0.153. The summed E-state index contributed by atoms with van der Waals surface area (Å²) in [4.78, 5) is 27.9. The van der Waals surface area contributed by atoms with E-state index < -0.39 is 0 Å². The van der Waals surface area contributed by atoms with E-state index in [1.807, 2.05) is 66.7 Å². The van der Waals surface area contributed by atoms with Crippen LogP contribution in [0.5, 0.6) is 0 Å². The zero-order chi connectivity index (χ0) is 23.0. The first kappa shape index (κ1) is 22.4. The molecule has 6 nitrogen and oxygen atoms in total. The fourth-order valence-electron chi connectivity index (χ4n) is 4.02. The summed E-state index contributed by atoms with van der Waals surface area (Å²) in [5, 5.41) is 8.72. The number of urea groups is 1. The third-order valence-electron chi connectivity index (χ3n) is 5.86. The van der Waals surface area contributed by atoms with Crippen LogP contribution in [-0.4, -0.2) is 25.0 Å². The Bertz CT molecular complexity index is 1090. The molecule has 1 aliphatic rings. The van der Waals surface area contributed by atoms with Crippen LogP contribution in [0.15, 0.2) is 72.8 Å². The van der Waals surface area contributed by atoms with Gasteiger partial charge in [-0.05, 0) is 60.7 Å². The van der Waals surface area contributed by atoms with Gasteiger partial charge in [-0.1, -0.05) is 49.4 Å². The summed E-state index contributed by atoms with van der Waals surface area (Å²) >= 11 is 0. The zero-order valence-electron chi connectivity index (χ0n) is 18.9. The first-order valence-corrected chi connectivity index (χ1v) is 11.5. The highest BCUT2D eigenvalue weighted by atomic mass is 16.2. The van der Waals surface area contributed by atoms with Crippen molar-refractivity contribution in [2.24, 2.45) is 0 Å². The van der Waals surface area contributed by atoms with Gasteiger partial charge < -0.3 is 20.9 Å². The second kappa shape index (κ2) is 10.7. The Morgan fingerprint density at radius 1 is 0.818 bits per heavy atom. The van der Waals surface area contributed by atoms with Crippen LogP contribution in [0.1, 0.15) is 41.3 Å². The number of carbonyl (C=O) groups excluding carboxylic acids is 2. The number of nitrogens with zero attached hydrogens (tertiary/aromatic N) is 1. The van der Waals surface area contributed by atoms with Crippen molar-refractivity contribution in [1.29, 1.82) is 0 Å². The van der Waals surface area contributed by atoms with Crippen molar-refractivity contribution in [3.05, 3.63) is 89.5 Å². The van der Waals surface area contributed by atoms with E-state index in [1.54, 1.807) is 6.07 Å². The maximum absolute atomic E-state index is 13.1. The van der Waals surface area contributed by atoms with E-state index >= 15 is 0 Å². The molecule has 1 heterocycles. The molecular formula is C27H30N4O2. The fourth-order valence-corrected chi connectivity index (χ4v) is 4.02.